The minimum absolute atomic E-state index is 0.0931. The van der Waals surface area contributed by atoms with Gasteiger partial charge in [-0.25, -0.2) is 14.5 Å². The Bertz CT molecular complexity index is 1430. The second-order valence-corrected chi connectivity index (χ2v) is 8.57. The number of nitrogens with zero attached hydrogens (tertiary/aromatic N) is 6. The van der Waals surface area contributed by atoms with E-state index in [1.807, 2.05) is 68.4 Å². The third-order valence-corrected chi connectivity index (χ3v) is 5.44. The molecule has 2 aromatic carbocycles. The van der Waals surface area contributed by atoms with Gasteiger partial charge in [0.05, 0.1) is 12.2 Å². The summed E-state index contributed by atoms with van der Waals surface area (Å²) in [6.45, 7) is 4.64. The van der Waals surface area contributed by atoms with Crippen LogP contribution in [0.5, 0.6) is 0 Å². The highest BCUT2D eigenvalue weighted by Gasteiger charge is 2.21. The Morgan fingerprint density at radius 3 is 2.43 bits per heavy atom. The predicted octanol–water partition coefficient (Wildman–Crippen LogP) is 2.42. The van der Waals surface area contributed by atoms with E-state index < -0.39 is 11.2 Å². The van der Waals surface area contributed by atoms with E-state index in [1.54, 1.807) is 11.0 Å². The number of aromatic nitrogens is 5. The van der Waals surface area contributed by atoms with Crippen molar-refractivity contribution >= 4 is 17.3 Å². The summed E-state index contributed by atoms with van der Waals surface area (Å²) in [7, 11) is 1.45. The van der Waals surface area contributed by atoms with Crippen LogP contribution >= 0.6 is 0 Å². The van der Waals surface area contributed by atoms with Crippen LogP contribution in [0.25, 0.3) is 5.69 Å². The van der Waals surface area contributed by atoms with Crippen LogP contribution in [0.4, 0.5) is 11.5 Å². The van der Waals surface area contributed by atoms with Crippen molar-refractivity contribution in [3.8, 4) is 5.69 Å². The lowest BCUT2D eigenvalue weighted by Crippen LogP contribution is -2.44. The van der Waals surface area contributed by atoms with Crippen LogP contribution in [0.15, 0.2) is 81.8 Å². The normalized spacial score (nSPS) is 11.7. The highest BCUT2D eigenvalue weighted by molar-refractivity contribution is 6.10. The molecule has 4 aromatic rings. The lowest BCUT2D eigenvalue weighted by atomic mass is 10.2. The Hall–Kier alpha value is -4.47. The van der Waals surface area contributed by atoms with Gasteiger partial charge in [0.15, 0.2) is 0 Å². The molecule has 180 valence electrons. The summed E-state index contributed by atoms with van der Waals surface area (Å²) in [5.41, 5.74) is 8.16. The standard InChI is InChI=1S/C25H28N8O2/c1-17(2)14-32-22(26)21(24(34)31(3)25(32)35)23(30-19-7-5-4-6-8-19)28-13-18-9-11-20(12-10-18)33-16-27-15-29-33/h4-12,15-17H,13-14,26H2,1-3H3,(H,28,30). The number of hydrogen-bond donors (Lipinski definition) is 2. The number of aliphatic imine (C=N–C) groups is 1. The molecule has 0 aliphatic rings. The smallest absolute Gasteiger partial charge is 0.332 e. The van der Waals surface area contributed by atoms with Crippen molar-refractivity contribution in [3.63, 3.8) is 0 Å². The molecule has 0 radical (unpaired) electrons. The van der Waals surface area contributed by atoms with Crippen LogP contribution in [-0.4, -0.2) is 29.7 Å². The van der Waals surface area contributed by atoms with Gasteiger partial charge in [0, 0.05) is 19.3 Å². The molecule has 10 nitrogen and oxygen atoms in total. The fourth-order valence-corrected chi connectivity index (χ4v) is 3.65. The fraction of sp³-hybridized carbons (Fsp3) is 0.240. The van der Waals surface area contributed by atoms with Crippen LogP contribution < -0.4 is 22.3 Å². The van der Waals surface area contributed by atoms with Gasteiger partial charge in [-0.1, -0.05) is 44.2 Å². The maximum atomic E-state index is 13.2. The first-order valence-electron chi connectivity index (χ1n) is 11.2. The third-order valence-electron chi connectivity index (χ3n) is 5.44. The van der Waals surface area contributed by atoms with Crippen molar-refractivity contribution in [1.29, 1.82) is 0 Å². The van der Waals surface area contributed by atoms with Gasteiger partial charge in [-0.05, 0) is 35.7 Å². The highest BCUT2D eigenvalue weighted by atomic mass is 16.2. The molecule has 0 aliphatic heterocycles. The highest BCUT2D eigenvalue weighted by Crippen LogP contribution is 2.15. The number of nitrogen functional groups attached to an aromatic ring is 1. The van der Waals surface area contributed by atoms with Gasteiger partial charge in [-0.15, -0.1) is 0 Å². The maximum Gasteiger partial charge on any atom is 0.332 e. The van der Waals surface area contributed by atoms with Crippen LogP contribution in [-0.2, 0) is 20.1 Å². The molecule has 0 amide bonds. The molecule has 0 saturated carbocycles. The second kappa shape index (κ2) is 10.2. The van der Waals surface area contributed by atoms with E-state index >= 15 is 0 Å². The molecule has 0 saturated heterocycles. The molecule has 35 heavy (non-hydrogen) atoms. The first kappa shape index (κ1) is 23.7. The van der Waals surface area contributed by atoms with Crippen LogP contribution in [0.3, 0.4) is 0 Å². The lowest BCUT2D eigenvalue weighted by molar-refractivity contribution is 0.493. The number of hydrogen-bond acceptors (Lipinski definition) is 6. The number of rotatable bonds is 7. The van der Waals surface area contributed by atoms with E-state index in [4.69, 9.17) is 10.7 Å². The average Bonchev–Trinajstić information content (AvgIpc) is 3.40. The molecule has 10 heteroatoms. The van der Waals surface area contributed by atoms with Crippen molar-refractivity contribution in [2.45, 2.75) is 26.9 Å². The topological polar surface area (TPSA) is 125 Å². The number of anilines is 2. The van der Waals surface area contributed by atoms with Crippen LogP contribution in [0, 0.1) is 5.92 Å². The molecule has 4 rings (SSSR count). The first-order valence-corrected chi connectivity index (χ1v) is 11.2. The van der Waals surface area contributed by atoms with E-state index in [2.05, 4.69) is 15.4 Å². The largest absolute Gasteiger partial charge is 0.384 e. The van der Waals surface area contributed by atoms with Crippen LogP contribution in [0.1, 0.15) is 25.0 Å². The van der Waals surface area contributed by atoms with Crippen molar-refractivity contribution in [2.24, 2.45) is 18.0 Å². The summed E-state index contributed by atoms with van der Waals surface area (Å²) in [6, 6.07) is 17.1. The molecular weight excluding hydrogens is 444 g/mol. The molecule has 0 spiro atoms. The maximum absolute atomic E-state index is 13.2. The predicted molar refractivity (Wildman–Crippen MR) is 137 cm³/mol. The molecule has 0 unspecified atom stereocenters. The van der Waals surface area contributed by atoms with Gasteiger partial charge < -0.3 is 11.1 Å². The summed E-state index contributed by atoms with van der Waals surface area (Å²) in [5.74, 6) is 0.550. The van der Waals surface area contributed by atoms with Crippen molar-refractivity contribution in [1.82, 2.24) is 23.9 Å². The minimum atomic E-state index is -0.504. The van der Waals surface area contributed by atoms with Gasteiger partial charge in [0.25, 0.3) is 5.56 Å². The minimum Gasteiger partial charge on any atom is -0.384 e. The van der Waals surface area contributed by atoms with Crippen molar-refractivity contribution < 1.29 is 0 Å². The average molecular weight is 473 g/mol. The molecule has 0 bridgehead atoms. The SMILES string of the molecule is CC(C)Cn1c(N)c(C(=NCc2ccc(-n3cncn3)cc2)Nc2ccccc2)c(=O)n(C)c1=O. The fourth-order valence-electron chi connectivity index (χ4n) is 3.65. The van der Waals surface area contributed by atoms with E-state index in [1.165, 1.54) is 17.9 Å². The van der Waals surface area contributed by atoms with E-state index in [0.29, 0.717) is 18.9 Å². The Morgan fingerprint density at radius 1 is 1.09 bits per heavy atom. The molecule has 0 aliphatic carbocycles. The number of nitrogens with two attached hydrogens (primary N) is 1. The number of para-hydroxylation sites is 1. The molecule has 2 aromatic heterocycles. The monoisotopic (exact) mass is 472 g/mol. The molecule has 0 fully saturated rings. The van der Waals surface area contributed by atoms with Crippen molar-refractivity contribution in [2.75, 3.05) is 11.1 Å². The Kier molecular flexibility index (Phi) is 6.91. The van der Waals surface area contributed by atoms with E-state index in [-0.39, 0.29) is 17.3 Å². The summed E-state index contributed by atoms with van der Waals surface area (Å²) in [5, 5.41) is 7.36. The zero-order valence-corrected chi connectivity index (χ0v) is 19.9. The Balaban J connectivity index is 1.76. The van der Waals surface area contributed by atoms with Crippen molar-refractivity contribution in [3.05, 3.63) is 99.2 Å². The summed E-state index contributed by atoms with van der Waals surface area (Å²) >= 11 is 0. The quantitative estimate of drug-likeness (QED) is 0.314. The molecule has 2 heterocycles. The van der Waals surface area contributed by atoms with Gasteiger partial charge in [-0.2, -0.15) is 5.10 Å². The zero-order chi connectivity index (χ0) is 24.9. The Morgan fingerprint density at radius 2 is 1.80 bits per heavy atom. The third kappa shape index (κ3) is 5.21. The second-order valence-electron chi connectivity index (χ2n) is 8.57. The number of benzene rings is 2. The van der Waals surface area contributed by atoms with Crippen LogP contribution in [0.2, 0.25) is 0 Å². The first-order chi connectivity index (χ1) is 16.8. The molecule has 3 N–H and O–H groups in total. The van der Waals surface area contributed by atoms with Gasteiger partial charge in [0.2, 0.25) is 0 Å². The van der Waals surface area contributed by atoms with E-state index in [9.17, 15) is 9.59 Å². The van der Waals surface area contributed by atoms with Gasteiger partial charge >= 0.3 is 5.69 Å². The lowest BCUT2D eigenvalue weighted by Gasteiger charge is -2.18. The zero-order valence-electron chi connectivity index (χ0n) is 19.9. The summed E-state index contributed by atoms with van der Waals surface area (Å²) in [6.07, 6.45) is 3.10. The van der Waals surface area contributed by atoms with Gasteiger partial charge in [-0.3, -0.25) is 18.9 Å². The van der Waals surface area contributed by atoms with Gasteiger partial charge in [0.1, 0.15) is 29.9 Å². The Labute approximate surface area is 202 Å². The molecule has 0 atom stereocenters. The molecular formula is C25H28N8O2. The van der Waals surface area contributed by atoms with E-state index in [0.717, 1.165) is 21.5 Å². The summed E-state index contributed by atoms with van der Waals surface area (Å²) in [4.78, 5) is 34.7. The number of nitrogens with one attached hydrogen (secondary N) is 1. The summed E-state index contributed by atoms with van der Waals surface area (Å²) < 4.78 is 4.16. The number of amidine groups is 1.